The fourth-order valence-electron chi connectivity index (χ4n) is 2.32. The van der Waals surface area contributed by atoms with Gasteiger partial charge in [0.05, 0.1) is 11.5 Å². The molecule has 0 aliphatic carbocycles. The van der Waals surface area contributed by atoms with Crippen molar-refractivity contribution in [1.82, 2.24) is 4.90 Å². The van der Waals surface area contributed by atoms with Crippen LogP contribution in [0.25, 0.3) is 0 Å². The van der Waals surface area contributed by atoms with Crippen LogP contribution in [0.1, 0.15) is 17.3 Å². The second-order valence-electron chi connectivity index (χ2n) is 4.83. The lowest BCUT2D eigenvalue weighted by atomic mass is 9.99. The van der Waals surface area contributed by atoms with Crippen LogP contribution in [0.15, 0.2) is 18.2 Å². The van der Waals surface area contributed by atoms with Crippen LogP contribution in [0.3, 0.4) is 0 Å². The number of phenols is 2. The van der Waals surface area contributed by atoms with Gasteiger partial charge in [0.15, 0.2) is 0 Å². The van der Waals surface area contributed by atoms with Crippen molar-refractivity contribution in [2.75, 3.05) is 13.1 Å². The predicted octanol–water partition coefficient (Wildman–Crippen LogP) is 0.890. The molecular weight excluding hydrogens is 250 g/mol. The van der Waals surface area contributed by atoms with Crippen molar-refractivity contribution in [2.24, 2.45) is 11.8 Å². The number of rotatable bonds is 2. The molecule has 0 radical (unpaired) electrons. The van der Waals surface area contributed by atoms with Crippen molar-refractivity contribution in [3.05, 3.63) is 23.8 Å². The van der Waals surface area contributed by atoms with Gasteiger partial charge in [0, 0.05) is 13.1 Å². The monoisotopic (exact) mass is 265 g/mol. The molecule has 0 bridgehead atoms. The van der Waals surface area contributed by atoms with Crippen LogP contribution in [0, 0.1) is 11.8 Å². The zero-order valence-corrected chi connectivity index (χ0v) is 10.4. The van der Waals surface area contributed by atoms with E-state index in [-0.39, 0.29) is 29.5 Å². The lowest BCUT2D eigenvalue weighted by Gasteiger charge is -2.16. The second-order valence-corrected chi connectivity index (χ2v) is 4.83. The van der Waals surface area contributed by atoms with Gasteiger partial charge < -0.3 is 20.2 Å². The number of aliphatic carboxylic acids is 1. The van der Waals surface area contributed by atoms with E-state index in [9.17, 15) is 19.8 Å². The SMILES string of the molecule is C[C@@H]1CN(C(=O)c2cc(O)ccc2O)C[C@H]1C(=O)O. The first-order chi connectivity index (χ1) is 8.90. The van der Waals surface area contributed by atoms with Crippen LogP contribution in [-0.2, 0) is 4.79 Å². The van der Waals surface area contributed by atoms with Gasteiger partial charge in [-0.1, -0.05) is 6.92 Å². The van der Waals surface area contributed by atoms with E-state index in [1.165, 1.54) is 23.1 Å². The maximum Gasteiger partial charge on any atom is 0.308 e. The molecule has 6 heteroatoms. The average Bonchev–Trinajstić information content (AvgIpc) is 2.74. The number of phenolic OH excluding ortho intramolecular Hbond substituents is 2. The third kappa shape index (κ3) is 2.47. The van der Waals surface area contributed by atoms with Gasteiger partial charge >= 0.3 is 5.97 Å². The molecular formula is C13H15NO5. The smallest absolute Gasteiger partial charge is 0.308 e. The van der Waals surface area contributed by atoms with Crippen molar-refractivity contribution in [2.45, 2.75) is 6.92 Å². The summed E-state index contributed by atoms with van der Waals surface area (Å²) in [6, 6.07) is 3.69. The lowest BCUT2D eigenvalue weighted by molar-refractivity contribution is -0.142. The number of hydrogen-bond acceptors (Lipinski definition) is 4. The summed E-state index contributed by atoms with van der Waals surface area (Å²) >= 11 is 0. The Kier molecular flexibility index (Phi) is 3.33. The molecule has 1 aromatic rings. The van der Waals surface area contributed by atoms with Gasteiger partial charge in [-0.3, -0.25) is 9.59 Å². The van der Waals surface area contributed by atoms with E-state index in [2.05, 4.69) is 0 Å². The van der Waals surface area contributed by atoms with Crippen molar-refractivity contribution in [3.63, 3.8) is 0 Å². The summed E-state index contributed by atoms with van der Waals surface area (Å²) in [7, 11) is 0. The predicted molar refractivity (Wildman–Crippen MR) is 66.0 cm³/mol. The number of amides is 1. The van der Waals surface area contributed by atoms with Crippen molar-refractivity contribution < 1.29 is 24.9 Å². The van der Waals surface area contributed by atoms with Gasteiger partial charge in [0.2, 0.25) is 0 Å². The number of carboxylic acids is 1. The highest BCUT2D eigenvalue weighted by molar-refractivity contribution is 5.97. The molecule has 1 aromatic carbocycles. The molecule has 102 valence electrons. The minimum absolute atomic E-state index is 0.0155. The molecule has 3 N–H and O–H groups in total. The van der Waals surface area contributed by atoms with E-state index in [1.807, 2.05) is 0 Å². The summed E-state index contributed by atoms with van der Waals surface area (Å²) in [5.41, 5.74) is -0.0155. The van der Waals surface area contributed by atoms with E-state index in [0.717, 1.165) is 0 Å². The van der Waals surface area contributed by atoms with E-state index in [0.29, 0.717) is 6.54 Å². The highest BCUT2D eigenvalue weighted by atomic mass is 16.4. The molecule has 0 saturated carbocycles. The number of benzene rings is 1. The minimum Gasteiger partial charge on any atom is -0.508 e. The van der Waals surface area contributed by atoms with E-state index in [4.69, 9.17) is 5.11 Å². The number of likely N-dealkylation sites (tertiary alicyclic amines) is 1. The molecule has 1 saturated heterocycles. The summed E-state index contributed by atoms with van der Waals surface area (Å²) in [5.74, 6) is -2.48. The van der Waals surface area contributed by atoms with Gasteiger partial charge in [-0.15, -0.1) is 0 Å². The minimum atomic E-state index is -0.928. The van der Waals surface area contributed by atoms with Crippen LogP contribution < -0.4 is 0 Å². The van der Waals surface area contributed by atoms with Crippen molar-refractivity contribution in [1.29, 1.82) is 0 Å². The number of carbonyl (C=O) groups is 2. The molecule has 0 unspecified atom stereocenters. The number of carboxylic acid groups (broad SMARTS) is 1. The summed E-state index contributed by atoms with van der Waals surface area (Å²) in [5, 5.41) is 28.0. The summed E-state index contributed by atoms with van der Waals surface area (Å²) in [6.07, 6.45) is 0. The van der Waals surface area contributed by atoms with Crippen LogP contribution in [-0.4, -0.2) is 45.2 Å². The molecule has 6 nitrogen and oxygen atoms in total. The molecule has 2 atom stereocenters. The molecule has 1 amide bonds. The summed E-state index contributed by atoms with van der Waals surface area (Å²) in [6.45, 7) is 2.21. The maximum atomic E-state index is 12.2. The van der Waals surface area contributed by atoms with E-state index in [1.54, 1.807) is 6.92 Å². The first-order valence-corrected chi connectivity index (χ1v) is 5.94. The Hall–Kier alpha value is -2.24. The zero-order valence-electron chi connectivity index (χ0n) is 10.4. The number of aromatic hydroxyl groups is 2. The Morgan fingerprint density at radius 2 is 1.95 bits per heavy atom. The molecule has 1 aliphatic heterocycles. The molecule has 1 fully saturated rings. The third-order valence-corrected chi connectivity index (χ3v) is 3.43. The molecule has 1 heterocycles. The van der Waals surface area contributed by atoms with E-state index >= 15 is 0 Å². The fourth-order valence-corrected chi connectivity index (χ4v) is 2.32. The third-order valence-electron chi connectivity index (χ3n) is 3.43. The van der Waals surface area contributed by atoms with Gasteiger partial charge in [-0.05, 0) is 24.1 Å². The first-order valence-electron chi connectivity index (χ1n) is 5.94. The van der Waals surface area contributed by atoms with Crippen LogP contribution in [0.4, 0.5) is 0 Å². The Bertz CT molecular complexity index is 528. The van der Waals surface area contributed by atoms with Gasteiger partial charge in [0.1, 0.15) is 11.5 Å². The molecule has 0 aromatic heterocycles. The number of carbonyl (C=O) groups excluding carboxylic acids is 1. The average molecular weight is 265 g/mol. The van der Waals surface area contributed by atoms with Crippen LogP contribution in [0.5, 0.6) is 11.5 Å². The van der Waals surface area contributed by atoms with Crippen LogP contribution >= 0.6 is 0 Å². The summed E-state index contributed by atoms with van der Waals surface area (Å²) in [4.78, 5) is 24.6. The lowest BCUT2D eigenvalue weighted by Crippen LogP contribution is -2.29. The van der Waals surface area contributed by atoms with Gasteiger partial charge in [-0.2, -0.15) is 0 Å². The highest BCUT2D eigenvalue weighted by Crippen LogP contribution is 2.28. The topological polar surface area (TPSA) is 98.1 Å². The molecule has 19 heavy (non-hydrogen) atoms. The van der Waals surface area contributed by atoms with Gasteiger partial charge in [0.25, 0.3) is 5.91 Å². The standard InChI is InChI=1S/C13H15NO5/c1-7-5-14(6-10(7)13(18)19)12(17)9-4-8(15)2-3-11(9)16/h2-4,7,10,15-16H,5-6H2,1H3,(H,18,19)/t7-,10-/m1/s1. The van der Waals surface area contributed by atoms with Crippen molar-refractivity contribution in [3.8, 4) is 11.5 Å². The number of nitrogens with zero attached hydrogens (tertiary/aromatic N) is 1. The first kappa shape index (κ1) is 13.2. The molecule has 0 spiro atoms. The summed E-state index contributed by atoms with van der Waals surface area (Å²) < 4.78 is 0. The molecule has 1 aliphatic rings. The fraction of sp³-hybridized carbons (Fsp3) is 0.385. The Morgan fingerprint density at radius 3 is 2.53 bits per heavy atom. The normalized spacial score (nSPS) is 22.5. The van der Waals surface area contributed by atoms with Crippen molar-refractivity contribution >= 4 is 11.9 Å². The Balaban J connectivity index is 2.22. The Labute approximate surface area is 109 Å². The second kappa shape index (κ2) is 4.79. The van der Waals surface area contributed by atoms with E-state index < -0.39 is 17.8 Å². The largest absolute Gasteiger partial charge is 0.508 e. The highest BCUT2D eigenvalue weighted by Gasteiger charge is 2.37. The van der Waals surface area contributed by atoms with Crippen LogP contribution in [0.2, 0.25) is 0 Å². The zero-order chi connectivity index (χ0) is 14.2. The Morgan fingerprint density at radius 1 is 1.26 bits per heavy atom. The maximum absolute atomic E-state index is 12.2. The van der Waals surface area contributed by atoms with Gasteiger partial charge in [-0.25, -0.2) is 0 Å². The number of hydrogen-bond donors (Lipinski definition) is 3. The molecule has 2 rings (SSSR count). The quantitative estimate of drug-likeness (QED) is 0.690.